The SMILES string of the molecule is Cc1nc(N2CCSC(C)C2C)sc1C(C)N. The van der Waals surface area contributed by atoms with Crippen molar-refractivity contribution < 1.29 is 0 Å². The van der Waals surface area contributed by atoms with E-state index >= 15 is 0 Å². The summed E-state index contributed by atoms with van der Waals surface area (Å²) in [6, 6.07) is 0.647. The smallest absolute Gasteiger partial charge is 0.186 e. The fraction of sp³-hybridized carbons (Fsp3) is 0.750. The lowest BCUT2D eigenvalue weighted by molar-refractivity contribution is 0.625. The Balaban J connectivity index is 2.24. The molecule has 0 amide bonds. The number of aryl methyl sites for hydroxylation is 1. The second-order valence-electron chi connectivity index (χ2n) is 4.74. The maximum absolute atomic E-state index is 5.97. The van der Waals surface area contributed by atoms with Gasteiger partial charge >= 0.3 is 0 Å². The number of hydrogen-bond acceptors (Lipinski definition) is 5. The molecule has 3 atom stereocenters. The molecule has 2 heterocycles. The predicted molar refractivity (Wildman–Crippen MR) is 78.2 cm³/mol. The van der Waals surface area contributed by atoms with Gasteiger partial charge in [-0.2, -0.15) is 11.8 Å². The molecule has 96 valence electrons. The monoisotopic (exact) mass is 271 g/mol. The Morgan fingerprint density at radius 2 is 2.18 bits per heavy atom. The minimum atomic E-state index is 0.0909. The van der Waals surface area contributed by atoms with Crippen molar-refractivity contribution in [2.45, 2.75) is 45.0 Å². The third-order valence-electron chi connectivity index (χ3n) is 3.36. The lowest BCUT2D eigenvalue weighted by Crippen LogP contribution is -2.44. The summed E-state index contributed by atoms with van der Waals surface area (Å²) in [5.74, 6) is 1.19. The normalized spacial score (nSPS) is 27.2. The molecule has 5 heteroatoms. The van der Waals surface area contributed by atoms with Gasteiger partial charge < -0.3 is 10.6 Å². The third kappa shape index (κ3) is 2.61. The molecule has 1 saturated heterocycles. The number of anilines is 1. The summed E-state index contributed by atoms with van der Waals surface area (Å²) in [6.07, 6.45) is 0. The van der Waals surface area contributed by atoms with Crippen LogP contribution in [-0.4, -0.2) is 28.6 Å². The van der Waals surface area contributed by atoms with E-state index < -0.39 is 0 Å². The van der Waals surface area contributed by atoms with Gasteiger partial charge in [0.1, 0.15) is 0 Å². The predicted octanol–water partition coefficient (Wildman–Crippen LogP) is 2.80. The molecule has 0 aliphatic carbocycles. The van der Waals surface area contributed by atoms with Gasteiger partial charge in [-0.15, -0.1) is 11.3 Å². The Hall–Kier alpha value is -0.260. The first-order valence-corrected chi connectivity index (χ1v) is 7.98. The number of aromatic nitrogens is 1. The lowest BCUT2D eigenvalue weighted by Gasteiger charge is -2.37. The molecule has 3 unspecified atom stereocenters. The molecule has 1 aromatic rings. The Kier molecular flexibility index (Phi) is 4.00. The van der Waals surface area contributed by atoms with Crippen LogP contribution in [0.4, 0.5) is 5.13 Å². The van der Waals surface area contributed by atoms with E-state index in [0.29, 0.717) is 11.3 Å². The topological polar surface area (TPSA) is 42.2 Å². The molecular weight excluding hydrogens is 250 g/mol. The summed E-state index contributed by atoms with van der Waals surface area (Å²) in [4.78, 5) is 8.35. The van der Waals surface area contributed by atoms with E-state index in [1.807, 2.05) is 6.92 Å². The molecule has 2 N–H and O–H groups in total. The highest BCUT2D eigenvalue weighted by Crippen LogP contribution is 2.34. The van der Waals surface area contributed by atoms with Crippen LogP contribution in [-0.2, 0) is 0 Å². The molecule has 1 aromatic heterocycles. The Bertz CT molecular complexity index is 389. The van der Waals surface area contributed by atoms with Gasteiger partial charge in [-0.05, 0) is 20.8 Å². The molecule has 0 spiro atoms. The van der Waals surface area contributed by atoms with E-state index in [1.54, 1.807) is 11.3 Å². The van der Waals surface area contributed by atoms with Crippen molar-refractivity contribution in [3.63, 3.8) is 0 Å². The number of hydrogen-bond donors (Lipinski definition) is 1. The summed E-state index contributed by atoms with van der Waals surface area (Å²) >= 11 is 3.81. The molecule has 2 rings (SSSR count). The van der Waals surface area contributed by atoms with Crippen molar-refractivity contribution in [2.24, 2.45) is 5.73 Å². The van der Waals surface area contributed by atoms with Crippen molar-refractivity contribution in [2.75, 3.05) is 17.2 Å². The van der Waals surface area contributed by atoms with Crippen molar-refractivity contribution in [3.05, 3.63) is 10.6 Å². The van der Waals surface area contributed by atoms with Gasteiger partial charge in [-0.25, -0.2) is 4.98 Å². The van der Waals surface area contributed by atoms with Crippen LogP contribution in [0.3, 0.4) is 0 Å². The number of thioether (sulfide) groups is 1. The Labute approximate surface area is 112 Å². The van der Waals surface area contributed by atoms with Crippen molar-refractivity contribution in [1.82, 2.24) is 4.98 Å². The van der Waals surface area contributed by atoms with Crippen LogP contribution in [0.1, 0.15) is 37.4 Å². The molecule has 17 heavy (non-hydrogen) atoms. The first-order valence-electron chi connectivity index (χ1n) is 6.12. The van der Waals surface area contributed by atoms with Crippen LogP contribution < -0.4 is 10.6 Å². The Morgan fingerprint density at radius 1 is 1.47 bits per heavy atom. The second kappa shape index (κ2) is 5.16. The van der Waals surface area contributed by atoms with Crippen LogP contribution in [0, 0.1) is 6.92 Å². The highest BCUT2D eigenvalue weighted by atomic mass is 32.2. The fourth-order valence-corrected chi connectivity index (χ4v) is 4.37. The largest absolute Gasteiger partial charge is 0.343 e. The second-order valence-corrected chi connectivity index (χ2v) is 7.24. The van der Waals surface area contributed by atoms with Crippen LogP contribution in [0.2, 0.25) is 0 Å². The molecule has 3 nitrogen and oxygen atoms in total. The molecule has 1 fully saturated rings. The maximum atomic E-state index is 5.97. The third-order valence-corrected chi connectivity index (χ3v) is 6.10. The van der Waals surface area contributed by atoms with Crippen molar-refractivity contribution in [3.8, 4) is 0 Å². The molecule has 0 aromatic carbocycles. The minimum Gasteiger partial charge on any atom is -0.343 e. The summed E-state index contributed by atoms with van der Waals surface area (Å²) in [7, 11) is 0. The number of thiazole rings is 1. The van der Waals surface area contributed by atoms with E-state index in [9.17, 15) is 0 Å². The molecular formula is C12H21N3S2. The number of rotatable bonds is 2. The van der Waals surface area contributed by atoms with Crippen LogP contribution in [0.25, 0.3) is 0 Å². The van der Waals surface area contributed by atoms with Gasteiger partial charge in [0, 0.05) is 34.5 Å². The summed E-state index contributed by atoms with van der Waals surface area (Å²) in [5.41, 5.74) is 7.06. The molecule has 1 aliphatic rings. The molecule has 0 bridgehead atoms. The van der Waals surface area contributed by atoms with E-state index in [-0.39, 0.29) is 6.04 Å². The summed E-state index contributed by atoms with van der Waals surface area (Å²) < 4.78 is 0. The quantitative estimate of drug-likeness (QED) is 0.898. The molecule has 0 saturated carbocycles. The van der Waals surface area contributed by atoms with Gasteiger partial charge in [0.2, 0.25) is 0 Å². The fourth-order valence-electron chi connectivity index (χ4n) is 2.14. The molecule has 0 radical (unpaired) electrons. The van der Waals surface area contributed by atoms with Gasteiger partial charge in [0.05, 0.1) is 5.69 Å². The van der Waals surface area contributed by atoms with Gasteiger partial charge in [0.15, 0.2) is 5.13 Å². The summed E-state index contributed by atoms with van der Waals surface area (Å²) in [6.45, 7) is 9.78. The zero-order valence-electron chi connectivity index (χ0n) is 10.9. The van der Waals surface area contributed by atoms with E-state index in [4.69, 9.17) is 10.7 Å². The number of nitrogens with two attached hydrogens (primary N) is 1. The zero-order valence-corrected chi connectivity index (χ0v) is 12.6. The number of nitrogens with zero attached hydrogens (tertiary/aromatic N) is 2. The van der Waals surface area contributed by atoms with Crippen molar-refractivity contribution in [1.29, 1.82) is 0 Å². The van der Waals surface area contributed by atoms with Gasteiger partial charge in [-0.1, -0.05) is 6.92 Å². The van der Waals surface area contributed by atoms with Crippen LogP contribution in [0.5, 0.6) is 0 Å². The van der Waals surface area contributed by atoms with E-state index in [2.05, 4.69) is 37.4 Å². The van der Waals surface area contributed by atoms with E-state index in [1.165, 1.54) is 10.6 Å². The first-order chi connectivity index (χ1) is 8.00. The van der Waals surface area contributed by atoms with Crippen LogP contribution >= 0.6 is 23.1 Å². The minimum absolute atomic E-state index is 0.0909. The average Bonchev–Trinajstić information content (AvgIpc) is 2.64. The first kappa shape index (κ1) is 13.2. The highest BCUT2D eigenvalue weighted by molar-refractivity contribution is 8.00. The standard InChI is InChI=1S/C12H21N3S2/c1-7(13)11-8(2)14-12(17-11)15-5-6-16-10(4)9(15)3/h7,9-10H,5-6,13H2,1-4H3. The van der Waals surface area contributed by atoms with Crippen molar-refractivity contribution >= 4 is 28.2 Å². The average molecular weight is 271 g/mol. The van der Waals surface area contributed by atoms with E-state index in [0.717, 1.165) is 17.4 Å². The highest BCUT2D eigenvalue weighted by Gasteiger charge is 2.28. The zero-order chi connectivity index (χ0) is 12.6. The van der Waals surface area contributed by atoms with Crippen LogP contribution in [0.15, 0.2) is 0 Å². The maximum Gasteiger partial charge on any atom is 0.186 e. The lowest BCUT2D eigenvalue weighted by atomic mass is 10.2. The summed E-state index contributed by atoms with van der Waals surface area (Å²) in [5, 5.41) is 1.82. The van der Waals surface area contributed by atoms with Gasteiger partial charge in [-0.3, -0.25) is 0 Å². The van der Waals surface area contributed by atoms with Gasteiger partial charge in [0.25, 0.3) is 0 Å². The molecule has 1 aliphatic heterocycles. The Morgan fingerprint density at radius 3 is 2.76 bits per heavy atom.